The second-order valence-electron chi connectivity index (χ2n) is 6.97. The zero-order valence-corrected chi connectivity index (χ0v) is 14.4. The summed E-state index contributed by atoms with van der Waals surface area (Å²) in [5.41, 5.74) is 0. The Morgan fingerprint density at radius 3 is 2.83 bits per heavy atom. The van der Waals surface area contributed by atoms with Crippen LogP contribution in [0.2, 0.25) is 0 Å². The number of aryl methyl sites for hydroxylation is 1. The fraction of sp³-hybridized carbons (Fsp3) is 0.706. The van der Waals surface area contributed by atoms with Gasteiger partial charge in [0.1, 0.15) is 5.76 Å². The fourth-order valence-corrected chi connectivity index (χ4v) is 3.26. The van der Waals surface area contributed by atoms with Crippen LogP contribution in [0.15, 0.2) is 15.0 Å². The van der Waals surface area contributed by atoms with E-state index in [1.165, 1.54) is 12.8 Å². The number of hydrogen-bond donors (Lipinski definition) is 0. The normalized spacial score (nSPS) is 21.9. The molecule has 0 amide bonds. The summed E-state index contributed by atoms with van der Waals surface area (Å²) in [4.78, 5) is 9.07. The molecule has 1 unspecified atom stereocenters. The molecule has 7 heteroatoms. The first-order valence-corrected chi connectivity index (χ1v) is 8.89. The summed E-state index contributed by atoms with van der Waals surface area (Å²) in [5.74, 6) is 3.86. The van der Waals surface area contributed by atoms with Crippen molar-refractivity contribution >= 4 is 0 Å². The Kier molecular flexibility index (Phi) is 4.37. The summed E-state index contributed by atoms with van der Waals surface area (Å²) in [6.45, 7) is 5.67. The van der Waals surface area contributed by atoms with Gasteiger partial charge in [0.15, 0.2) is 0 Å². The molecule has 1 saturated heterocycles. The maximum atomic E-state index is 5.77. The van der Waals surface area contributed by atoms with E-state index in [9.17, 15) is 0 Å². The van der Waals surface area contributed by atoms with Crippen LogP contribution in [0.5, 0.6) is 0 Å². The molecule has 0 spiro atoms. The number of likely N-dealkylation sites (N-methyl/N-ethyl adjacent to an activating group) is 1. The summed E-state index contributed by atoms with van der Waals surface area (Å²) in [5, 5.41) is 8.36. The molecule has 0 bridgehead atoms. The molecule has 2 aromatic rings. The van der Waals surface area contributed by atoms with E-state index >= 15 is 0 Å². The number of nitrogens with zero attached hydrogens (tertiary/aromatic N) is 5. The van der Waals surface area contributed by atoms with Crippen molar-refractivity contribution in [3.63, 3.8) is 0 Å². The van der Waals surface area contributed by atoms with Gasteiger partial charge in [0.25, 0.3) is 0 Å². The Morgan fingerprint density at radius 1 is 1.21 bits per heavy atom. The molecule has 0 radical (unpaired) electrons. The highest BCUT2D eigenvalue weighted by atomic mass is 16.4. The Labute approximate surface area is 142 Å². The topological polar surface area (TPSA) is 71.4 Å². The van der Waals surface area contributed by atoms with E-state index in [4.69, 9.17) is 8.83 Å². The van der Waals surface area contributed by atoms with Crippen LogP contribution in [0.3, 0.4) is 0 Å². The van der Waals surface area contributed by atoms with Gasteiger partial charge in [-0.3, -0.25) is 9.80 Å². The average molecular weight is 331 g/mol. The van der Waals surface area contributed by atoms with Crippen LogP contribution in [-0.2, 0) is 19.5 Å². The van der Waals surface area contributed by atoms with E-state index in [-0.39, 0.29) is 0 Å². The molecule has 0 N–H and O–H groups in total. The fourth-order valence-electron chi connectivity index (χ4n) is 3.26. The third-order valence-corrected chi connectivity index (χ3v) is 4.97. The van der Waals surface area contributed by atoms with Gasteiger partial charge in [0.2, 0.25) is 17.7 Å². The van der Waals surface area contributed by atoms with Gasteiger partial charge in [-0.25, -0.2) is 4.98 Å². The van der Waals surface area contributed by atoms with Crippen LogP contribution in [0.1, 0.15) is 55.5 Å². The van der Waals surface area contributed by atoms with Gasteiger partial charge >= 0.3 is 0 Å². The predicted octanol–water partition coefficient (Wildman–Crippen LogP) is 2.20. The first kappa shape index (κ1) is 15.8. The predicted molar refractivity (Wildman–Crippen MR) is 87.3 cm³/mol. The third-order valence-electron chi connectivity index (χ3n) is 4.97. The van der Waals surface area contributed by atoms with E-state index in [1.807, 2.05) is 6.20 Å². The lowest BCUT2D eigenvalue weighted by molar-refractivity contribution is 0.199. The van der Waals surface area contributed by atoms with Crippen LogP contribution < -0.4 is 0 Å². The van der Waals surface area contributed by atoms with Crippen molar-refractivity contribution in [2.45, 2.75) is 57.7 Å². The Balaban J connectivity index is 1.28. The standard InChI is InChI=1S/C17H25N5O2/c1-3-14-8-18-15(23-14)11-22-7-6-13(9-22)21(2)10-16-19-20-17(24-16)12-4-5-12/h8,12-13H,3-7,9-11H2,1-2H3. The molecule has 1 aliphatic carbocycles. The molecule has 3 heterocycles. The van der Waals surface area contributed by atoms with Crippen LogP contribution in [0, 0.1) is 0 Å². The zero-order valence-electron chi connectivity index (χ0n) is 14.4. The summed E-state index contributed by atoms with van der Waals surface area (Å²) in [6.07, 6.45) is 6.25. The van der Waals surface area contributed by atoms with E-state index in [0.29, 0.717) is 12.0 Å². The van der Waals surface area contributed by atoms with Crippen LogP contribution in [-0.4, -0.2) is 51.2 Å². The quantitative estimate of drug-likeness (QED) is 0.770. The molecule has 2 aromatic heterocycles. The van der Waals surface area contributed by atoms with Crippen LogP contribution in [0.4, 0.5) is 0 Å². The minimum Gasteiger partial charge on any atom is -0.444 e. The Morgan fingerprint density at radius 2 is 2.08 bits per heavy atom. The second-order valence-corrected chi connectivity index (χ2v) is 6.97. The SMILES string of the molecule is CCc1cnc(CN2CCC(N(C)Cc3nnc(C4CC4)o3)C2)o1. The lowest BCUT2D eigenvalue weighted by atomic mass is 10.2. The number of rotatable bonds is 7. The van der Waals surface area contributed by atoms with Crippen molar-refractivity contribution in [3.8, 4) is 0 Å². The maximum Gasteiger partial charge on any atom is 0.230 e. The van der Waals surface area contributed by atoms with Crippen molar-refractivity contribution in [1.29, 1.82) is 0 Å². The molecule has 130 valence electrons. The summed E-state index contributed by atoms with van der Waals surface area (Å²) in [7, 11) is 2.13. The first-order valence-electron chi connectivity index (χ1n) is 8.89. The summed E-state index contributed by atoms with van der Waals surface area (Å²) < 4.78 is 11.5. The van der Waals surface area contributed by atoms with Crippen LogP contribution in [0.25, 0.3) is 0 Å². The van der Waals surface area contributed by atoms with Crippen molar-refractivity contribution in [3.05, 3.63) is 29.6 Å². The van der Waals surface area contributed by atoms with E-state index in [0.717, 1.165) is 62.5 Å². The molecule has 1 atom stereocenters. The van der Waals surface area contributed by atoms with Gasteiger partial charge in [0, 0.05) is 31.5 Å². The summed E-state index contributed by atoms with van der Waals surface area (Å²) >= 11 is 0. The molecule has 0 aromatic carbocycles. The van der Waals surface area contributed by atoms with Crippen molar-refractivity contribution in [2.24, 2.45) is 0 Å². The number of likely N-dealkylation sites (tertiary alicyclic amines) is 1. The lowest BCUT2D eigenvalue weighted by Gasteiger charge is -2.22. The molecular formula is C17H25N5O2. The highest BCUT2D eigenvalue weighted by molar-refractivity contribution is 5.00. The Hall–Kier alpha value is -1.73. The first-order chi connectivity index (χ1) is 11.7. The van der Waals surface area contributed by atoms with Gasteiger partial charge in [-0.2, -0.15) is 0 Å². The molecule has 4 rings (SSSR count). The highest BCUT2D eigenvalue weighted by Gasteiger charge is 2.31. The smallest absolute Gasteiger partial charge is 0.230 e. The highest BCUT2D eigenvalue weighted by Crippen LogP contribution is 2.39. The number of oxazole rings is 1. The van der Waals surface area contributed by atoms with E-state index in [1.54, 1.807) is 0 Å². The molecular weight excluding hydrogens is 306 g/mol. The summed E-state index contributed by atoms with van der Waals surface area (Å²) in [6, 6.07) is 0.502. The van der Waals surface area contributed by atoms with E-state index < -0.39 is 0 Å². The minimum atomic E-state index is 0.502. The molecule has 2 fully saturated rings. The molecule has 24 heavy (non-hydrogen) atoms. The Bertz CT molecular complexity index is 678. The van der Waals surface area contributed by atoms with Gasteiger partial charge < -0.3 is 8.83 Å². The number of hydrogen-bond acceptors (Lipinski definition) is 7. The molecule has 2 aliphatic rings. The van der Waals surface area contributed by atoms with Gasteiger partial charge in [-0.05, 0) is 26.3 Å². The van der Waals surface area contributed by atoms with Crippen LogP contribution >= 0.6 is 0 Å². The largest absolute Gasteiger partial charge is 0.444 e. The zero-order chi connectivity index (χ0) is 16.5. The van der Waals surface area contributed by atoms with Crippen molar-refractivity contribution < 1.29 is 8.83 Å². The molecule has 1 aliphatic heterocycles. The lowest BCUT2D eigenvalue weighted by Crippen LogP contribution is -2.34. The van der Waals surface area contributed by atoms with Gasteiger partial charge in [-0.15, -0.1) is 10.2 Å². The van der Waals surface area contributed by atoms with Crippen molar-refractivity contribution in [1.82, 2.24) is 25.0 Å². The third kappa shape index (κ3) is 3.52. The van der Waals surface area contributed by atoms with Gasteiger partial charge in [0.05, 0.1) is 19.3 Å². The monoisotopic (exact) mass is 331 g/mol. The number of aromatic nitrogens is 3. The second kappa shape index (κ2) is 6.64. The van der Waals surface area contributed by atoms with Gasteiger partial charge in [-0.1, -0.05) is 6.92 Å². The minimum absolute atomic E-state index is 0.502. The maximum absolute atomic E-state index is 5.77. The van der Waals surface area contributed by atoms with E-state index in [2.05, 4.69) is 39.0 Å². The molecule has 1 saturated carbocycles. The van der Waals surface area contributed by atoms with Crippen molar-refractivity contribution in [2.75, 3.05) is 20.1 Å². The molecule has 7 nitrogen and oxygen atoms in total. The average Bonchev–Trinajstić information content (AvgIpc) is 3.00.